The van der Waals surface area contributed by atoms with E-state index in [1.165, 1.54) is 25.1 Å². The summed E-state index contributed by atoms with van der Waals surface area (Å²) < 4.78 is 25.8. The maximum absolute atomic E-state index is 12.5. The number of nitrogen functional groups attached to an aromatic ring is 1. The summed E-state index contributed by atoms with van der Waals surface area (Å²) in [5, 5.41) is 2.26. The molecule has 20 heavy (non-hydrogen) atoms. The molecule has 1 saturated heterocycles. The summed E-state index contributed by atoms with van der Waals surface area (Å²) in [6.45, 7) is 0.946. The summed E-state index contributed by atoms with van der Waals surface area (Å²) >= 11 is 5.77. The van der Waals surface area contributed by atoms with Crippen molar-refractivity contribution in [3.05, 3.63) is 23.2 Å². The third kappa shape index (κ3) is 2.49. The first kappa shape index (κ1) is 14.8. The summed E-state index contributed by atoms with van der Waals surface area (Å²) in [5.41, 5.74) is 5.65. The third-order valence-corrected chi connectivity index (χ3v) is 5.14. The Labute approximate surface area is 120 Å². The Hall–Kier alpha value is -1.64. The third-order valence-electron chi connectivity index (χ3n) is 2.94. The number of sulfonamides is 1. The second kappa shape index (κ2) is 5.04. The number of halogens is 1. The zero-order valence-electron chi connectivity index (χ0n) is 10.5. The van der Waals surface area contributed by atoms with Crippen LogP contribution < -0.4 is 11.1 Å². The van der Waals surface area contributed by atoms with Gasteiger partial charge in [0, 0.05) is 5.02 Å². The molecule has 108 valence electrons. The molecule has 2 amide bonds. The van der Waals surface area contributed by atoms with Crippen molar-refractivity contribution >= 4 is 39.1 Å². The Morgan fingerprint density at radius 3 is 2.70 bits per heavy atom. The SMILES string of the molecule is CC1C(=O)NC(=O)CN1S(=O)(=O)c1cc(Cl)ccc1N. The number of nitrogens with two attached hydrogens (primary N) is 1. The van der Waals surface area contributed by atoms with Crippen LogP contribution in [0.5, 0.6) is 0 Å². The van der Waals surface area contributed by atoms with Crippen molar-refractivity contribution in [2.24, 2.45) is 0 Å². The van der Waals surface area contributed by atoms with Crippen molar-refractivity contribution in [1.29, 1.82) is 0 Å². The molecule has 1 atom stereocenters. The van der Waals surface area contributed by atoms with Crippen LogP contribution in [0, 0.1) is 0 Å². The van der Waals surface area contributed by atoms with Crippen LogP contribution in [0.15, 0.2) is 23.1 Å². The molecule has 0 saturated carbocycles. The van der Waals surface area contributed by atoms with E-state index in [-0.39, 0.29) is 15.6 Å². The van der Waals surface area contributed by atoms with Crippen molar-refractivity contribution in [3.63, 3.8) is 0 Å². The monoisotopic (exact) mass is 317 g/mol. The molecular weight excluding hydrogens is 306 g/mol. The van der Waals surface area contributed by atoms with Crippen molar-refractivity contribution < 1.29 is 18.0 Å². The number of hydrogen-bond acceptors (Lipinski definition) is 5. The Morgan fingerprint density at radius 2 is 2.05 bits per heavy atom. The zero-order chi connectivity index (χ0) is 15.1. The predicted octanol–water partition coefficient (Wildman–Crippen LogP) is -0.0422. The second-order valence-electron chi connectivity index (χ2n) is 4.32. The number of carbonyl (C=O) groups is 2. The van der Waals surface area contributed by atoms with Gasteiger partial charge in [0.25, 0.3) is 0 Å². The Balaban J connectivity index is 2.51. The number of amides is 2. The molecule has 1 unspecified atom stereocenters. The standard InChI is InChI=1S/C11H12ClN3O4S/c1-6-11(17)14-10(16)5-15(6)20(18,19)9-4-7(12)2-3-8(9)13/h2-4,6H,5,13H2,1H3,(H,14,16,17). The molecule has 1 heterocycles. The maximum atomic E-state index is 12.5. The van der Waals surface area contributed by atoms with E-state index in [0.29, 0.717) is 0 Å². The zero-order valence-corrected chi connectivity index (χ0v) is 12.0. The minimum Gasteiger partial charge on any atom is -0.398 e. The topological polar surface area (TPSA) is 110 Å². The molecule has 0 radical (unpaired) electrons. The van der Waals surface area contributed by atoms with Gasteiger partial charge in [-0.15, -0.1) is 0 Å². The highest BCUT2D eigenvalue weighted by Crippen LogP contribution is 2.27. The molecule has 1 aromatic rings. The van der Waals surface area contributed by atoms with Crippen molar-refractivity contribution in [2.75, 3.05) is 12.3 Å². The highest BCUT2D eigenvalue weighted by Gasteiger charge is 2.39. The van der Waals surface area contributed by atoms with E-state index in [1.807, 2.05) is 0 Å². The first-order chi connectivity index (χ1) is 9.23. The molecule has 2 rings (SSSR count). The van der Waals surface area contributed by atoms with Crippen molar-refractivity contribution in [3.8, 4) is 0 Å². The summed E-state index contributed by atoms with van der Waals surface area (Å²) in [6, 6.07) is 2.99. The highest BCUT2D eigenvalue weighted by atomic mass is 35.5. The summed E-state index contributed by atoms with van der Waals surface area (Å²) in [5.74, 6) is -1.36. The average molecular weight is 318 g/mol. The van der Waals surface area contributed by atoms with Gasteiger partial charge in [-0.2, -0.15) is 4.31 Å². The fraction of sp³-hybridized carbons (Fsp3) is 0.273. The van der Waals surface area contributed by atoms with Gasteiger partial charge < -0.3 is 5.73 Å². The van der Waals surface area contributed by atoms with Crippen molar-refractivity contribution in [1.82, 2.24) is 9.62 Å². The minimum atomic E-state index is -4.09. The number of imide groups is 1. The van der Waals surface area contributed by atoms with Crippen LogP contribution in [0.3, 0.4) is 0 Å². The molecule has 0 aromatic heterocycles. The smallest absolute Gasteiger partial charge is 0.246 e. The van der Waals surface area contributed by atoms with Gasteiger partial charge >= 0.3 is 0 Å². The second-order valence-corrected chi connectivity index (χ2v) is 6.62. The lowest BCUT2D eigenvalue weighted by Crippen LogP contribution is -2.58. The molecule has 0 aliphatic carbocycles. The van der Waals surface area contributed by atoms with Gasteiger partial charge in [-0.1, -0.05) is 11.6 Å². The first-order valence-corrected chi connectivity index (χ1v) is 7.46. The number of nitrogens with zero attached hydrogens (tertiary/aromatic N) is 1. The van der Waals surface area contributed by atoms with Gasteiger partial charge in [-0.3, -0.25) is 14.9 Å². The number of anilines is 1. The number of benzene rings is 1. The Morgan fingerprint density at radius 1 is 1.40 bits per heavy atom. The van der Waals surface area contributed by atoms with Crippen LogP contribution in [0.25, 0.3) is 0 Å². The number of rotatable bonds is 2. The summed E-state index contributed by atoms with van der Waals surface area (Å²) in [7, 11) is -4.09. The fourth-order valence-electron chi connectivity index (χ4n) is 1.84. The Bertz CT molecular complexity index is 689. The van der Waals surface area contributed by atoms with E-state index in [1.54, 1.807) is 0 Å². The summed E-state index contributed by atoms with van der Waals surface area (Å²) in [6.07, 6.45) is 0. The first-order valence-electron chi connectivity index (χ1n) is 5.64. The van der Waals surface area contributed by atoms with Gasteiger partial charge in [0.05, 0.1) is 12.2 Å². The van der Waals surface area contributed by atoms with Crippen LogP contribution in [-0.4, -0.2) is 37.1 Å². The molecule has 1 fully saturated rings. The van der Waals surface area contributed by atoms with Crippen LogP contribution in [-0.2, 0) is 19.6 Å². The molecule has 9 heteroatoms. The average Bonchev–Trinajstić information content (AvgIpc) is 2.36. The molecular formula is C11H12ClN3O4S. The quantitative estimate of drug-likeness (QED) is 0.587. The van der Waals surface area contributed by atoms with E-state index < -0.39 is 34.4 Å². The lowest BCUT2D eigenvalue weighted by atomic mass is 10.2. The molecule has 0 spiro atoms. The number of piperazine rings is 1. The van der Waals surface area contributed by atoms with Crippen LogP contribution in [0.1, 0.15) is 6.92 Å². The van der Waals surface area contributed by atoms with E-state index >= 15 is 0 Å². The molecule has 0 bridgehead atoms. The van der Waals surface area contributed by atoms with E-state index in [9.17, 15) is 18.0 Å². The minimum absolute atomic E-state index is 0.0000283. The van der Waals surface area contributed by atoms with Crippen molar-refractivity contribution in [2.45, 2.75) is 17.9 Å². The van der Waals surface area contributed by atoms with Gasteiger partial charge in [0.1, 0.15) is 10.9 Å². The van der Waals surface area contributed by atoms with E-state index in [2.05, 4.69) is 5.32 Å². The lowest BCUT2D eigenvalue weighted by Gasteiger charge is -2.30. The maximum Gasteiger partial charge on any atom is 0.246 e. The Kier molecular flexibility index (Phi) is 3.72. The van der Waals surface area contributed by atoms with Gasteiger partial charge in [0.15, 0.2) is 0 Å². The normalized spacial score (nSPS) is 20.8. The van der Waals surface area contributed by atoms with Gasteiger partial charge in [-0.05, 0) is 25.1 Å². The number of nitrogens with one attached hydrogen (secondary N) is 1. The lowest BCUT2D eigenvalue weighted by molar-refractivity contribution is -0.136. The molecule has 1 aromatic carbocycles. The van der Waals surface area contributed by atoms with Gasteiger partial charge in [0.2, 0.25) is 21.8 Å². The highest BCUT2D eigenvalue weighted by molar-refractivity contribution is 7.89. The molecule has 1 aliphatic heterocycles. The molecule has 7 nitrogen and oxygen atoms in total. The van der Waals surface area contributed by atoms with Crippen LogP contribution in [0.2, 0.25) is 5.02 Å². The summed E-state index contributed by atoms with van der Waals surface area (Å²) in [4.78, 5) is 22.7. The van der Waals surface area contributed by atoms with Crippen LogP contribution in [0.4, 0.5) is 5.69 Å². The van der Waals surface area contributed by atoms with Gasteiger partial charge in [-0.25, -0.2) is 8.42 Å². The van der Waals surface area contributed by atoms with E-state index in [4.69, 9.17) is 17.3 Å². The largest absolute Gasteiger partial charge is 0.398 e. The number of hydrogen-bond donors (Lipinski definition) is 2. The molecule has 3 N–H and O–H groups in total. The van der Waals surface area contributed by atoms with E-state index in [0.717, 1.165) is 4.31 Å². The fourth-order valence-corrected chi connectivity index (χ4v) is 3.77. The predicted molar refractivity (Wildman–Crippen MR) is 72.4 cm³/mol. The van der Waals surface area contributed by atoms with Crippen LogP contribution >= 0.6 is 11.6 Å². The number of carbonyl (C=O) groups excluding carboxylic acids is 2. The molecule has 1 aliphatic rings.